The molecule has 0 aliphatic carbocycles. The number of aliphatic hydroxyl groups is 2. The van der Waals surface area contributed by atoms with Gasteiger partial charge in [0, 0.05) is 6.42 Å². The number of carbonyl (C=O) groups excluding carboxylic acids is 2. The normalized spacial score (nSPS) is 13.1. The minimum Gasteiger partial charge on any atom is -0.462 e. The van der Waals surface area contributed by atoms with Gasteiger partial charge in [0.25, 0.3) is 0 Å². The monoisotopic (exact) mass is 808 g/mol. The Morgan fingerprint density at radius 1 is 0.439 bits per heavy atom. The maximum atomic E-state index is 13.2. The van der Waals surface area contributed by atoms with Crippen LogP contribution in [-0.4, -0.2) is 46.9 Å². The number of unbranched alkanes of at least 4 members (excludes halogenated alkanes) is 35. The van der Waals surface area contributed by atoms with E-state index in [1.807, 2.05) is 0 Å². The van der Waals surface area contributed by atoms with Crippen molar-refractivity contribution in [3.05, 3.63) is 0 Å². The molecule has 0 aromatic rings. The zero-order chi connectivity index (χ0) is 41.7. The van der Waals surface area contributed by atoms with E-state index in [-0.39, 0.29) is 24.9 Å². The quantitative estimate of drug-likeness (QED) is 0.0420. The van der Waals surface area contributed by atoms with E-state index in [0.29, 0.717) is 19.3 Å². The first-order valence-electron chi connectivity index (χ1n) is 25.8. The maximum Gasteiger partial charge on any atom is 0.306 e. The third-order valence-electron chi connectivity index (χ3n) is 12.2. The molecule has 0 heterocycles. The number of hydrogen-bond acceptors (Lipinski definition) is 5. The van der Waals surface area contributed by atoms with Gasteiger partial charge in [-0.05, 0) is 25.7 Å². The first kappa shape index (κ1) is 55.9. The van der Waals surface area contributed by atoms with Gasteiger partial charge in [0.1, 0.15) is 6.10 Å². The second-order valence-electron chi connectivity index (χ2n) is 17.9. The highest BCUT2D eigenvalue weighted by Crippen LogP contribution is 2.19. The summed E-state index contributed by atoms with van der Waals surface area (Å²) in [5.41, 5.74) is 0. The molecule has 0 saturated carbocycles. The fraction of sp³-hybridized carbons (Fsp3) is 0.961. The molecule has 1 amide bonds. The van der Waals surface area contributed by atoms with Crippen molar-refractivity contribution in [1.29, 1.82) is 0 Å². The fourth-order valence-electron chi connectivity index (χ4n) is 8.26. The van der Waals surface area contributed by atoms with E-state index in [9.17, 15) is 19.8 Å². The predicted octanol–water partition coefficient (Wildman–Crippen LogP) is 15.2. The van der Waals surface area contributed by atoms with E-state index in [2.05, 4.69) is 26.1 Å². The third-order valence-corrected chi connectivity index (χ3v) is 12.2. The van der Waals surface area contributed by atoms with Gasteiger partial charge >= 0.3 is 5.97 Å². The molecule has 0 fully saturated rings. The van der Waals surface area contributed by atoms with Crippen LogP contribution in [0.5, 0.6) is 0 Å². The van der Waals surface area contributed by atoms with Gasteiger partial charge in [-0.3, -0.25) is 9.59 Å². The van der Waals surface area contributed by atoms with Crippen LogP contribution in [0.4, 0.5) is 0 Å². The Hall–Kier alpha value is -1.14. The van der Waals surface area contributed by atoms with E-state index in [0.717, 1.165) is 38.5 Å². The van der Waals surface area contributed by atoms with E-state index in [1.54, 1.807) is 0 Å². The molecule has 0 aromatic heterocycles. The molecular formula is C51H101NO5. The van der Waals surface area contributed by atoms with Crippen molar-refractivity contribution >= 4 is 11.9 Å². The highest BCUT2D eigenvalue weighted by Gasteiger charge is 2.24. The summed E-state index contributed by atoms with van der Waals surface area (Å²) < 4.78 is 5.92. The van der Waals surface area contributed by atoms with Crippen LogP contribution in [0.2, 0.25) is 0 Å². The summed E-state index contributed by atoms with van der Waals surface area (Å²) in [7, 11) is 0. The molecule has 6 heteroatoms. The van der Waals surface area contributed by atoms with Crippen molar-refractivity contribution in [3.8, 4) is 0 Å². The van der Waals surface area contributed by atoms with Crippen molar-refractivity contribution in [1.82, 2.24) is 5.32 Å². The van der Waals surface area contributed by atoms with Gasteiger partial charge in [0.15, 0.2) is 0 Å². The summed E-state index contributed by atoms with van der Waals surface area (Å²) in [6.07, 6.45) is 48.7. The van der Waals surface area contributed by atoms with Crippen molar-refractivity contribution in [2.45, 2.75) is 309 Å². The minimum absolute atomic E-state index is 0.0873. The van der Waals surface area contributed by atoms with Gasteiger partial charge < -0.3 is 20.3 Å². The van der Waals surface area contributed by atoms with Gasteiger partial charge in [-0.15, -0.1) is 0 Å². The van der Waals surface area contributed by atoms with Gasteiger partial charge in [0.2, 0.25) is 5.91 Å². The molecule has 0 spiro atoms. The third kappa shape index (κ3) is 41.4. The molecule has 0 aliphatic heterocycles. The standard InChI is InChI=1S/C51H101NO5/c1-4-7-10-13-16-19-22-24-26-28-31-34-37-40-43-49(54)48(46-53)52-50(55)45-47(42-39-36-33-30-21-18-15-12-9-6-3)57-51(56)44-41-38-35-32-29-27-25-23-20-17-14-11-8-5-2/h47-49,53-54H,4-46H2,1-3H3,(H,52,55). The van der Waals surface area contributed by atoms with Crippen molar-refractivity contribution in [2.24, 2.45) is 0 Å². The smallest absolute Gasteiger partial charge is 0.306 e. The largest absolute Gasteiger partial charge is 0.462 e. The van der Waals surface area contributed by atoms with Crippen LogP contribution in [0.3, 0.4) is 0 Å². The zero-order valence-corrected chi connectivity index (χ0v) is 38.8. The average Bonchev–Trinajstić information content (AvgIpc) is 3.20. The van der Waals surface area contributed by atoms with E-state index < -0.39 is 18.2 Å². The number of ether oxygens (including phenoxy) is 1. The number of hydrogen-bond donors (Lipinski definition) is 3. The molecule has 340 valence electrons. The first-order valence-corrected chi connectivity index (χ1v) is 25.8. The summed E-state index contributed by atoms with van der Waals surface area (Å²) >= 11 is 0. The molecule has 0 saturated heterocycles. The number of aliphatic hydroxyl groups excluding tert-OH is 2. The van der Waals surface area contributed by atoms with Crippen molar-refractivity contribution in [3.63, 3.8) is 0 Å². The maximum absolute atomic E-state index is 13.2. The van der Waals surface area contributed by atoms with Gasteiger partial charge in [-0.25, -0.2) is 0 Å². The molecule has 3 N–H and O–H groups in total. The van der Waals surface area contributed by atoms with E-state index >= 15 is 0 Å². The SMILES string of the molecule is CCCCCCCCCCCCCCCCC(=O)OC(CCCCCCCCCCCC)CC(=O)NC(CO)C(O)CCCCCCCCCCCCCCCC. The summed E-state index contributed by atoms with van der Waals surface area (Å²) in [4.78, 5) is 26.1. The van der Waals surface area contributed by atoms with Gasteiger partial charge in [0.05, 0.1) is 25.2 Å². The lowest BCUT2D eigenvalue weighted by Gasteiger charge is -2.24. The topological polar surface area (TPSA) is 95.9 Å². The van der Waals surface area contributed by atoms with Gasteiger partial charge in [-0.2, -0.15) is 0 Å². The van der Waals surface area contributed by atoms with Crippen LogP contribution < -0.4 is 5.32 Å². The molecule has 0 aromatic carbocycles. The lowest BCUT2D eigenvalue weighted by Crippen LogP contribution is -2.46. The number of esters is 1. The highest BCUT2D eigenvalue weighted by molar-refractivity contribution is 5.77. The second kappa shape index (κ2) is 45.9. The molecule has 3 atom stereocenters. The molecule has 6 nitrogen and oxygen atoms in total. The van der Waals surface area contributed by atoms with Crippen molar-refractivity contribution in [2.75, 3.05) is 6.61 Å². The Morgan fingerprint density at radius 2 is 0.737 bits per heavy atom. The van der Waals surface area contributed by atoms with E-state index in [1.165, 1.54) is 205 Å². The Kier molecular flexibility index (Phi) is 45.0. The lowest BCUT2D eigenvalue weighted by molar-refractivity contribution is -0.151. The first-order chi connectivity index (χ1) is 28.0. The molecule has 0 bridgehead atoms. The number of carbonyl (C=O) groups is 2. The molecule has 0 rings (SSSR count). The van der Waals surface area contributed by atoms with Crippen LogP contribution in [-0.2, 0) is 14.3 Å². The summed E-state index contributed by atoms with van der Waals surface area (Å²) in [6.45, 7) is 6.50. The van der Waals surface area contributed by atoms with Crippen molar-refractivity contribution < 1.29 is 24.5 Å². The van der Waals surface area contributed by atoms with Crippen LogP contribution in [0.25, 0.3) is 0 Å². The van der Waals surface area contributed by atoms with E-state index in [4.69, 9.17) is 4.74 Å². The molecule has 57 heavy (non-hydrogen) atoms. The number of amides is 1. The summed E-state index contributed by atoms with van der Waals surface area (Å²) in [6, 6.07) is -0.691. The Morgan fingerprint density at radius 3 is 1.07 bits per heavy atom. The summed E-state index contributed by atoms with van der Waals surface area (Å²) in [5.74, 6) is -0.453. The summed E-state index contributed by atoms with van der Waals surface area (Å²) in [5, 5.41) is 23.7. The molecular weight excluding hydrogens is 707 g/mol. The average molecular weight is 808 g/mol. The highest BCUT2D eigenvalue weighted by atomic mass is 16.5. The van der Waals surface area contributed by atoms with Crippen LogP contribution in [0, 0.1) is 0 Å². The molecule has 0 aliphatic rings. The van der Waals surface area contributed by atoms with Gasteiger partial charge in [-0.1, -0.05) is 252 Å². The molecule has 0 radical (unpaired) electrons. The lowest BCUT2D eigenvalue weighted by atomic mass is 10.0. The van der Waals surface area contributed by atoms with Crippen LogP contribution in [0.15, 0.2) is 0 Å². The fourth-order valence-corrected chi connectivity index (χ4v) is 8.26. The Bertz CT molecular complexity index is 821. The Labute approximate surface area is 356 Å². The predicted molar refractivity (Wildman–Crippen MR) is 246 cm³/mol. The number of rotatable bonds is 47. The molecule has 3 unspecified atom stereocenters. The van der Waals surface area contributed by atoms with Crippen LogP contribution >= 0.6 is 0 Å². The minimum atomic E-state index is -0.778. The number of nitrogens with one attached hydrogen (secondary N) is 1. The zero-order valence-electron chi connectivity index (χ0n) is 38.8. The second-order valence-corrected chi connectivity index (χ2v) is 17.9. The Balaban J connectivity index is 4.44. The van der Waals surface area contributed by atoms with Crippen LogP contribution in [0.1, 0.15) is 290 Å².